The maximum atomic E-state index is 11.0. The van der Waals surface area contributed by atoms with E-state index in [0.29, 0.717) is 6.61 Å². The van der Waals surface area contributed by atoms with Crippen molar-refractivity contribution in [2.75, 3.05) is 13.2 Å². The molecule has 0 spiro atoms. The molecule has 1 aromatic rings. The largest absolute Gasteiger partial charge is 0.498 e. The molecule has 3 nitrogen and oxygen atoms in total. The van der Waals surface area contributed by atoms with Gasteiger partial charge in [0, 0.05) is 11.0 Å². The van der Waals surface area contributed by atoms with Crippen LogP contribution in [0.25, 0.3) is 0 Å². The lowest BCUT2D eigenvalue weighted by atomic mass is 10.3. The molecule has 0 unspecified atom stereocenters. The molecule has 0 aromatic heterocycles. The number of rotatable bonds is 8. The van der Waals surface area contributed by atoms with E-state index < -0.39 is 0 Å². The van der Waals surface area contributed by atoms with Gasteiger partial charge in [0.1, 0.15) is 13.2 Å². The van der Waals surface area contributed by atoms with Gasteiger partial charge in [-0.25, -0.2) is 4.79 Å². The lowest BCUT2D eigenvalue weighted by Gasteiger charge is -2.01. The molecule has 0 saturated heterocycles. The van der Waals surface area contributed by atoms with Gasteiger partial charge in [-0.2, -0.15) is 0 Å². The lowest BCUT2D eigenvalue weighted by molar-refractivity contribution is -0.138. The van der Waals surface area contributed by atoms with Crippen molar-refractivity contribution in [2.24, 2.45) is 0 Å². The summed E-state index contributed by atoms with van der Waals surface area (Å²) < 4.78 is 10.1. The first-order valence-electron chi connectivity index (χ1n) is 6.68. The topological polar surface area (TPSA) is 35.5 Å². The summed E-state index contributed by atoms with van der Waals surface area (Å²) in [5, 5.41) is 2.06. The van der Waals surface area contributed by atoms with Crippen LogP contribution >= 0.6 is 11.8 Å². The van der Waals surface area contributed by atoms with Crippen molar-refractivity contribution < 1.29 is 14.3 Å². The number of benzene rings is 1. The van der Waals surface area contributed by atoms with Crippen molar-refractivity contribution in [1.29, 1.82) is 0 Å². The zero-order valence-electron chi connectivity index (χ0n) is 12.3. The number of carbonyl (C=O) groups is 1. The summed E-state index contributed by atoms with van der Waals surface area (Å²) in [6.07, 6.45) is 6.51. The number of ether oxygens (including phenoxy) is 2. The van der Waals surface area contributed by atoms with Crippen molar-refractivity contribution in [3.05, 3.63) is 65.8 Å². The highest BCUT2D eigenvalue weighted by Gasteiger charge is 1.94. The Morgan fingerprint density at radius 3 is 2.67 bits per heavy atom. The molecule has 0 radical (unpaired) electrons. The lowest BCUT2D eigenvalue weighted by Crippen LogP contribution is -2.06. The smallest absolute Gasteiger partial charge is 0.330 e. The molecule has 0 aliphatic heterocycles. The number of hydrogen-bond donors (Lipinski definition) is 0. The molecule has 0 amide bonds. The zero-order valence-corrected chi connectivity index (χ0v) is 13.1. The molecule has 0 bridgehead atoms. The highest BCUT2D eigenvalue weighted by molar-refractivity contribution is 8.02. The van der Waals surface area contributed by atoms with Crippen LogP contribution in [0.4, 0.5) is 0 Å². The minimum atomic E-state index is -0.347. The fourth-order valence-electron chi connectivity index (χ4n) is 1.30. The molecule has 0 fully saturated rings. The predicted octanol–water partition coefficient (Wildman–Crippen LogP) is 4.33. The monoisotopic (exact) mass is 304 g/mol. The van der Waals surface area contributed by atoms with E-state index >= 15 is 0 Å². The Balaban J connectivity index is 2.19. The van der Waals surface area contributed by atoms with E-state index in [0.717, 1.165) is 5.57 Å². The zero-order chi connectivity index (χ0) is 15.3. The second-order valence-corrected chi connectivity index (χ2v) is 5.08. The van der Waals surface area contributed by atoms with Gasteiger partial charge >= 0.3 is 5.97 Å². The molecule has 0 atom stereocenters. The molecule has 21 heavy (non-hydrogen) atoms. The minimum Gasteiger partial charge on any atom is -0.498 e. The standard InChI is InChI=1S/C17H20O3S/c1-3-7-17(18)20-13-12-19-11-10-15(2)14-21-16-8-5-4-6-9-16/h3-11,14H,12-13H2,1-2H3/b7-3+,11-10+,15-14+. The van der Waals surface area contributed by atoms with Gasteiger partial charge in [0.15, 0.2) is 0 Å². The van der Waals surface area contributed by atoms with E-state index in [1.807, 2.05) is 31.2 Å². The van der Waals surface area contributed by atoms with Crippen molar-refractivity contribution in [2.45, 2.75) is 18.7 Å². The van der Waals surface area contributed by atoms with Crippen molar-refractivity contribution >= 4 is 17.7 Å². The maximum Gasteiger partial charge on any atom is 0.330 e. The summed E-state index contributed by atoms with van der Waals surface area (Å²) in [6.45, 7) is 4.36. The molecule has 112 valence electrons. The first-order valence-corrected chi connectivity index (χ1v) is 7.56. The molecule has 0 saturated carbocycles. The highest BCUT2D eigenvalue weighted by Crippen LogP contribution is 2.20. The summed E-state index contributed by atoms with van der Waals surface area (Å²) in [4.78, 5) is 12.2. The Hall–Kier alpha value is -1.94. The number of hydrogen-bond acceptors (Lipinski definition) is 4. The van der Waals surface area contributed by atoms with Crippen LogP contribution in [0, 0.1) is 0 Å². The second-order valence-electron chi connectivity index (χ2n) is 4.13. The van der Waals surface area contributed by atoms with Crippen molar-refractivity contribution in [3.63, 3.8) is 0 Å². The van der Waals surface area contributed by atoms with Crippen LogP contribution in [-0.2, 0) is 14.3 Å². The maximum absolute atomic E-state index is 11.0. The number of esters is 1. The molecule has 1 aromatic carbocycles. The molecule has 0 aliphatic rings. The van der Waals surface area contributed by atoms with E-state index in [-0.39, 0.29) is 12.6 Å². The van der Waals surface area contributed by atoms with Crippen LogP contribution in [0.5, 0.6) is 0 Å². The summed E-state index contributed by atoms with van der Waals surface area (Å²) in [5.74, 6) is -0.347. The fraction of sp³-hybridized carbons (Fsp3) is 0.235. The Morgan fingerprint density at radius 2 is 1.95 bits per heavy atom. The third-order valence-corrected chi connectivity index (χ3v) is 3.33. The van der Waals surface area contributed by atoms with Gasteiger partial charge in [-0.15, -0.1) is 0 Å². The van der Waals surface area contributed by atoms with E-state index in [2.05, 4.69) is 17.5 Å². The Labute approximate surface area is 130 Å². The van der Waals surface area contributed by atoms with Crippen LogP contribution in [-0.4, -0.2) is 19.2 Å². The minimum absolute atomic E-state index is 0.245. The van der Waals surface area contributed by atoms with Gasteiger partial charge in [0.05, 0.1) is 6.26 Å². The fourth-order valence-corrected chi connectivity index (χ4v) is 2.01. The first kappa shape index (κ1) is 17.1. The van der Waals surface area contributed by atoms with Crippen LogP contribution in [0.3, 0.4) is 0 Å². The second kappa shape index (κ2) is 10.8. The summed E-state index contributed by atoms with van der Waals surface area (Å²) in [6, 6.07) is 10.2. The molecule has 0 N–H and O–H groups in total. The average Bonchev–Trinajstić information content (AvgIpc) is 2.50. The Kier molecular flexibility index (Phi) is 8.80. The van der Waals surface area contributed by atoms with E-state index in [1.54, 1.807) is 31.0 Å². The molecular weight excluding hydrogens is 284 g/mol. The summed E-state index contributed by atoms with van der Waals surface area (Å²) >= 11 is 1.66. The van der Waals surface area contributed by atoms with Crippen LogP contribution in [0.2, 0.25) is 0 Å². The average molecular weight is 304 g/mol. The molecular formula is C17H20O3S. The van der Waals surface area contributed by atoms with Gasteiger partial charge in [0.2, 0.25) is 0 Å². The summed E-state index contributed by atoms with van der Waals surface area (Å²) in [7, 11) is 0. The van der Waals surface area contributed by atoms with Gasteiger partial charge in [0.25, 0.3) is 0 Å². The Morgan fingerprint density at radius 1 is 1.19 bits per heavy atom. The number of thioether (sulfide) groups is 1. The Bertz CT molecular complexity index is 504. The highest BCUT2D eigenvalue weighted by atomic mass is 32.2. The van der Waals surface area contributed by atoms with Crippen LogP contribution in [0.15, 0.2) is 70.7 Å². The van der Waals surface area contributed by atoms with Crippen molar-refractivity contribution in [3.8, 4) is 0 Å². The van der Waals surface area contributed by atoms with Gasteiger partial charge in [-0.05, 0) is 43.0 Å². The van der Waals surface area contributed by atoms with Gasteiger partial charge in [-0.1, -0.05) is 36.0 Å². The first-order chi connectivity index (χ1) is 10.2. The van der Waals surface area contributed by atoms with Crippen molar-refractivity contribution in [1.82, 2.24) is 0 Å². The number of allylic oxidation sites excluding steroid dienone is 3. The van der Waals surface area contributed by atoms with Crippen LogP contribution in [0.1, 0.15) is 13.8 Å². The summed E-state index contributed by atoms with van der Waals surface area (Å²) in [5.41, 5.74) is 1.09. The van der Waals surface area contributed by atoms with Gasteiger partial charge < -0.3 is 9.47 Å². The molecule has 4 heteroatoms. The SMILES string of the molecule is C/C=C/C(=O)OCCO/C=C/C(C)=C/Sc1ccccc1. The quantitative estimate of drug-likeness (QED) is 0.179. The van der Waals surface area contributed by atoms with E-state index in [1.165, 1.54) is 11.0 Å². The third-order valence-electron chi connectivity index (χ3n) is 2.30. The number of carbonyl (C=O) groups excluding carboxylic acids is 1. The third kappa shape index (κ3) is 8.76. The predicted molar refractivity (Wildman–Crippen MR) is 86.9 cm³/mol. The molecule has 0 aliphatic carbocycles. The van der Waals surface area contributed by atoms with E-state index in [9.17, 15) is 4.79 Å². The van der Waals surface area contributed by atoms with E-state index in [4.69, 9.17) is 9.47 Å². The molecule has 1 rings (SSSR count). The van der Waals surface area contributed by atoms with Gasteiger partial charge in [-0.3, -0.25) is 0 Å². The van der Waals surface area contributed by atoms with Crippen LogP contribution < -0.4 is 0 Å². The normalized spacial score (nSPS) is 12.0. The molecule has 0 heterocycles.